The molecule has 0 fully saturated rings. The van der Waals surface area contributed by atoms with Crippen molar-refractivity contribution in [2.45, 2.75) is 0 Å². The highest BCUT2D eigenvalue weighted by Crippen LogP contribution is 2.32. The number of aromatic amines is 1. The Labute approximate surface area is 145 Å². The van der Waals surface area contributed by atoms with Gasteiger partial charge in [0.25, 0.3) is 5.56 Å². The Morgan fingerprint density at radius 3 is 2.92 bits per heavy atom. The van der Waals surface area contributed by atoms with E-state index in [9.17, 15) is 4.79 Å². The lowest BCUT2D eigenvalue weighted by atomic mass is 10.1. The zero-order valence-corrected chi connectivity index (χ0v) is 13.7. The van der Waals surface area contributed by atoms with Crippen LogP contribution in [0.1, 0.15) is 5.56 Å². The van der Waals surface area contributed by atoms with Crippen LogP contribution in [0.5, 0.6) is 0 Å². The highest BCUT2D eigenvalue weighted by Gasteiger charge is 2.10. The molecule has 0 aliphatic rings. The summed E-state index contributed by atoms with van der Waals surface area (Å²) in [5, 5.41) is 14.4. The molecule has 24 heavy (non-hydrogen) atoms. The number of halogens is 1. The zero-order valence-electron chi connectivity index (χ0n) is 12.1. The van der Waals surface area contributed by atoms with Gasteiger partial charge in [-0.3, -0.25) is 4.79 Å². The van der Waals surface area contributed by atoms with E-state index in [2.05, 4.69) is 15.3 Å². The molecule has 116 valence electrons. The minimum Gasteiger partial charge on any atom is -0.331 e. The van der Waals surface area contributed by atoms with Crippen LogP contribution in [0.3, 0.4) is 0 Å². The molecule has 0 aliphatic heterocycles. The number of hydrogen-bond acceptors (Lipinski definition) is 5. The molecule has 0 radical (unpaired) electrons. The van der Waals surface area contributed by atoms with Crippen molar-refractivity contribution in [1.82, 2.24) is 9.97 Å². The van der Waals surface area contributed by atoms with Gasteiger partial charge in [-0.15, -0.1) is 0 Å². The van der Waals surface area contributed by atoms with E-state index in [4.69, 9.17) is 16.9 Å². The maximum Gasteiger partial charge on any atom is 0.266 e. The lowest BCUT2D eigenvalue weighted by molar-refractivity contribution is 1.28. The van der Waals surface area contributed by atoms with Gasteiger partial charge in [-0.2, -0.15) is 5.26 Å². The number of benzene rings is 2. The summed E-state index contributed by atoms with van der Waals surface area (Å²) >= 11 is 7.48. The summed E-state index contributed by atoms with van der Waals surface area (Å²) in [5.41, 5.74) is 1.93. The smallest absolute Gasteiger partial charge is 0.266 e. The van der Waals surface area contributed by atoms with Crippen molar-refractivity contribution < 1.29 is 0 Å². The second kappa shape index (κ2) is 5.64. The van der Waals surface area contributed by atoms with Gasteiger partial charge in [0.2, 0.25) is 0 Å². The first-order valence-corrected chi connectivity index (χ1v) is 8.23. The molecular weight excluding hydrogens is 344 g/mol. The van der Waals surface area contributed by atoms with Gasteiger partial charge < -0.3 is 10.3 Å². The minimum atomic E-state index is -0.392. The fourth-order valence-electron chi connectivity index (χ4n) is 2.50. The standard InChI is InChI=1S/C17H9ClN4OS/c18-10-2-1-3-11(7-10)20-17-22-15-12-6-9(8-19)16(23)21-13(12)4-5-14(15)24-17/h1-7H,(H,20,22)(H,21,23). The molecular formula is C17H9ClN4OS. The van der Waals surface area contributed by atoms with Crippen LogP contribution in [0.2, 0.25) is 5.02 Å². The molecule has 0 unspecified atom stereocenters. The summed E-state index contributed by atoms with van der Waals surface area (Å²) in [6.07, 6.45) is 0. The normalized spacial score (nSPS) is 10.8. The van der Waals surface area contributed by atoms with Gasteiger partial charge >= 0.3 is 0 Å². The highest BCUT2D eigenvalue weighted by molar-refractivity contribution is 7.22. The average molecular weight is 353 g/mol. The molecule has 4 aromatic rings. The van der Waals surface area contributed by atoms with Gasteiger partial charge in [0.1, 0.15) is 11.6 Å². The minimum absolute atomic E-state index is 0.0763. The molecule has 5 nitrogen and oxygen atoms in total. The van der Waals surface area contributed by atoms with Crippen molar-refractivity contribution >= 4 is 54.9 Å². The SMILES string of the molecule is N#Cc1cc2c(ccc3sc(Nc4cccc(Cl)c4)nc32)[nH]c1=O. The van der Waals surface area contributed by atoms with Gasteiger partial charge in [0, 0.05) is 16.1 Å². The van der Waals surface area contributed by atoms with Crippen molar-refractivity contribution in [3.8, 4) is 6.07 Å². The summed E-state index contributed by atoms with van der Waals surface area (Å²) in [4.78, 5) is 19.1. The van der Waals surface area contributed by atoms with Crippen molar-refractivity contribution in [1.29, 1.82) is 5.26 Å². The van der Waals surface area contributed by atoms with E-state index in [0.717, 1.165) is 21.3 Å². The molecule has 0 amide bonds. The number of pyridine rings is 1. The van der Waals surface area contributed by atoms with Crippen molar-refractivity contribution in [2.75, 3.05) is 5.32 Å². The number of rotatable bonds is 2. The van der Waals surface area contributed by atoms with Gasteiger partial charge in [0.15, 0.2) is 5.13 Å². The van der Waals surface area contributed by atoms with Gasteiger partial charge in [-0.25, -0.2) is 4.98 Å². The Balaban J connectivity index is 1.87. The van der Waals surface area contributed by atoms with E-state index in [1.54, 1.807) is 12.1 Å². The Hall–Kier alpha value is -2.88. The number of nitrogens with zero attached hydrogens (tertiary/aromatic N) is 2. The largest absolute Gasteiger partial charge is 0.331 e. The number of aromatic nitrogens is 2. The number of nitriles is 1. The molecule has 2 aromatic carbocycles. The number of fused-ring (bicyclic) bond motifs is 3. The predicted octanol–water partition coefficient (Wildman–Crippen LogP) is 4.41. The number of hydrogen-bond donors (Lipinski definition) is 2. The van der Waals surface area contributed by atoms with Crippen LogP contribution < -0.4 is 10.9 Å². The van der Waals surface area contributed by atoms with E-state index in [1.807, 2.05) is 36.4 Å². The van der Waals surface area contributed by atoms with E-state index >= 15 is 0 Å². The predicted molar refractivity (Wildman–Crippen MR) is 97.2 cm³/mol. The Bertz CT molecular complexity index is 1190. The number of anilines is 2. The number of nitrogens with one attached hydrogen (secondary N) is 2. The van der Waals surface area contributed by atoms with Crippen molar-refractivity contribution in [3.05, 3.63) is 63.4 Å². The first-order chi connectivity index (χ1) is 11.6. The summed E-state index contributed by atoms with van der Waals surface area (Å²) < 4.78 is 0.961. The first kappa shape index (κ1) is 14.7. The van der Waals surface area contributed by atoms with Gasteiger partial charge in [0.05, 0.1) is 15.7 Å². The van der Waals surface area contributed by atoms with Crippen LogP contribution in [0.4, 0.5) is 10.8 Å². The van der Waals surface area contributed by atoms with Crippen LogP contribution in [0.25, 0.3) is 21.1 Å². The summed E-state index contributed by atoms with van der Waals surface area (Å²) in [6, 6.07) is 14.6. The van der Waals surface area contributed by atoms with Crippen LogP contribution in [0, 0.1) is 11.3 Å². The molecule has 0 aliphatic carbocycles. The summed E-state index contributed by atoms with van der Waals surface area (Å²) in [6.45, 7) is 0. The Morgan fingerprint density at radius 1 is 1.25 bits per heavy atom. The molecule has 0 atom stereocenters. The molecule has 7 heteroatoms. The van der Waals surface area contributed by atoms with Crippen LogP contribution in [-0.4, -0.2) is 9.97 Å². The fraction of sp³-hybridized carbons (Fsp3) is 0. The second-order valence-electron chi connectivity index (χ2n) is 5.15. The van der Waals surface area contributed by atoms with Gasteiger partial charge in [-0.05, 0) is 36.4 Å². The Kier molecular flexibility index (Phi) is 3.45. The van der Waals surface area contributed by atoms with Crippen LogP contribution in [0.15, 0.2) is 47.3 Å². The molecule has 4 rings (SSSR count). The average Bonchev–Trinajstić information content (AvgIpc) is 2.97. The number of H-pyrrole nitrogens is 1. The van der Waals surface area contributed by atoms with Crippen molar-refractivity contribution in [2.24, 2.45) is 0 Å². The van der Waals surface area contributed by atoms with Crippen LogP contribution >= 0.6 is 22.9 Å². The van der Waals surface area contributed by atoms with Crippen molar-refractivity contribution in [3.63, 3.8) is 0 Å². The maximum absolute atomic E-state index is 11.8. The molecule has 0 spiro atoms. The molecule has 2 heterocycles. The maximum atomic E-state index is 11.8. The van der Waals surface area contributed by atoms with E-state index in [0.29, 0.717) is 15.7 Å². The van der Waals surface area contributed by atoms with E-state index in [1.165, 1.54) is 11.3 Å². The van der Waals surface area contributed by atoms with Crippen LogP contribution in [-0.2, 0) is 0 Å². The molecule has 0 saturated heterocycles. The van der Waals surface area contributed by atoms with E-state index in [-0.39, 0.29) is 5.56 Å². The highest BCUT2D eigenvalue weighted by atomic mass is 35.5. The lowest BCUT2D eigenvalue weighted by Crippen LogP contribution is -2.09. The first-order valence-electron chi connectivity index (χ1n) is 7.03. The topological polar surface area (TPSA) is 81.6 Å². The third kappa shape index (κ3) is 2.50. The third-order valence-corrected chi connectivity index (χ3v) is 4.75. The lowest BCUT2D eigenvalue weighted by Gasteiger charge is -2.01. The zero-order chi connectivity index (χ0) is 16.7. The molecule has 0 saturated carbocycles. The third-order valence-electron chi connectivity index (χ3n) is 3.58. The fourth-order valence-corrected chi connectivity index (χ4v) is 3.59. The number of thiazole rings is 1. The summed E-state index contributed by atoms with van der Waals surface area (Å²) in [5.74, 6) is 0. The molecule has 0 bridgehead atoms. The molecule has 2 N–H and O–H groups in total. The quantitative estimate of drug-likeness (QED) is 0.560. The monoisotopic (exact) mass is 352 g/mol. The second-order valence-corrected chi connectivity index (χ2v) is 6.62. The summed E-state index contributed by atoms with van der Waals surface area (Å²) in [7, 11) is 0. The van der Waals surface area contributed by atoms with E-state index < -0.39 is 5.56 Å². The Morgan fingerprint density at radius 2 is 2.12 bits per heavy atom. The molecule has 2 aromatic heterocycles. The van der Waals surface area contributed by atoms with Gasteiger partial charge in [-0.1, -0.05) is 29.0 Å².